The van der Waals surface area contributed by atoms with Crippen molar-refractivity contribution in [3.63, 3.8) is 0 Å². The molecule has 1 fully saturated rings. The standard InChI is InChI=1S/C19H24N2O3S/c1-3-5-10-21-16(12-14-8-11-25-18(14)21)17(22)20-9-6-7-15(13-20)19(23)24-4-2/h3,5,8,11-12,15H,4,6-7,9-10,13H2,1-2H3/b5-3-/t15-/m0/s1. The van der Waals surface area contributed by atoms with Gasteiger partial charge in [0.1, 0.15) is 10.5 Å². The van der Waals surface area contributed by atoms with Crippen molar-refractivity contribution in [3.05, 3.63) is 35.4 Å². The van der Waals surface area contributed by atoms with Gasteiger partial charge in [-0.05, 0) is 44.2 Å². The monoisotopic (exact) mass is 360 g/mol. The van der Waals surface area contributed by atoms with Crippen LogP contribution in [0.2, 0.25) is 0 Å². The summed E-state index contributed by atoms with van der Waals surface area (Å²) in [5.41, 5.74) is 0.699. The van der Waals surface area contributed by atoms with Gasteiger partial charge in [-0.3, -0.25) is 9.59 Å². The smallest absolute Gasteiger partial charge is 0.310 e. The van der Waals surface area contributed by atoms with Gasteiger partial charge in [-0.2, -0.15) is 0 Å². The number of carbonyl (C=O) groups excluding carboxylic acids is 2. The second-order valence-electron chi connectivity index (χ2n) is 6.23. The van der Waals surface area contributed by atoms with E-state index in [1.165, 1.54) is 0 Å². The van der Waals surface area contributed by atoms with Crippen LogP contribution in [-0.4, -0.2) is 41.0 Å². The number of hydrogen-bond donors (Lipinski definition) is 0. The first-order valence-corrected chi connectivity index (χ1v) is 9.67. The lowest BCUT2D eigenvalue weighted by molar-refractivity contribution is -0.149. The molecule has 0 saturated carbocycles. The van der Waals surface area contributed by atoms with E-state index in [9.17, 15) is 9.59 Å². The lowest BCUT2D eigenvalue weighted by Crippen LogP contribution is -2.43. The molecule has 1 aliphatic rings. The number of aromatic nitrogens is 1. The molecule has 2 aromatic rings. The van der Waals surface area contributed by atoms with Crippen LogP contribution in [0.5, 0.6) is 0 Å². The predicted molar refractivity (Wildman–Crippen MR) is 99.9 cm³/mol. The number of carbonyl (C=O) groups is 2. The van der Waals surface area contributed by atoms with Crippen LogP contribution < -0.4 is 0 Å². The zero-order chi connectivity index (χ0) is 17.8. The fraction of sp³-hybridized carbons (Fsp3) is 0.474. The van der Waals surface area contributed by atoms with Gasteiger partial charge in [-0.25, -0.2) is 0 Å². The second kappa shape index (κ2) is 7.87. The van der Waals surface area contributed by atoms with Crippen molar-refractivity contribution in [2.45, 2.75) is 33.2 Å². The molecular weight excluding hydrogens is 336 g/mol. The van der Waals surface area contributed by atoms with Gasteiger partial charge in [0.25, 0.3) is 5.91 Å². The molecule has 1 amide bonds. The fourth-order valence-electron chi connectivity index (χ4n) is 3.32. The third-order valence-corrected chi connectivity index (χ3v) is 5.53. The first-order valence-electron chi connectivity index (χ1n) is 8.79. The highest BCUT2D eigenvalue weighted by atomic mass is 32.1. The summed E-state index contributed by atoms with van der Waals surface area (Å²) in [4.78, 5) is 28.1. The summed E-state index contributed by atoms with van der Waals surface area (Å²) in [5, 5.41) is 3.14. The Hall–Kier alpha value is -2.08. The minimum absolute atomic E-state index is 0.00176. The molecule has 3 heterocycles. The molecule has 134 valence electrons. The van der Waals surface area contributed by atoms with Crippen molar-refractivity contribution in [3.8, 4) is 0 Å². The van der Waals surface area contributed by atoms with Crippen molar-refractivity contribution in [2.24, 2.45) is 5.92 Å². The second-order valence-corrected chi connectivity index (χ2v) is 7.13. The molecule has 25 heavy (non-hydrogen) atoms. The van der Waals surface area contributed by atoms with Crippen LogP contribution in [0.15, 0.2) is 29.7 Å². The first kappa shape index (κ1) is 17.7. The summed E-state index contributed by atoms with van der Waals surface area (Å²) in [6.07, 6.45) is 5.66. The van der Waals surface area contributed by atoms with Crippen LogP contribution in [0, 0.1) is 5.92 Å². The van der Waals surface area contributed by atoms with E-state index in [0.29, 0.717) is 31.9 Å². The number of nitrogens with zero attached hydrogens (tertiary/aromatic N) is 2. The van der Waals surface area contributed by atoms with Crippen LogP contribution in [0.4, 0.5) is 0 Å². The molecule has 1 atom stereocenters. The van der Waals surface area contributed by atoms with Crippen molar-refractivity contribution in [1.29, 1.82) is 0 Å². The number of allylic oxidation sites excluding steroid dienone is 2. The quantitative estimate of drug-likeness (QED) is 0.603. The van der Waals surface area contributed by atoms with E-state index in [1.807, 2.05) is 43.5 Å². The van der Waals surface area contributed by atoms with Crippen molar-refractivity contribution in [1.82, 2.24) is 9.47 Å². The molecule has 0 aliphatic carbocycles. The Morgan fingerprint density at radius 1 is 1.44 bits per heavy atom. The van der Waals surface area contributed by atoms with Gasteiger partial charge < -0.3 is 14.2 Å². The maximum Gasteiger partial charge on any atom is 0.310 e. The molecular formula is C19H24N2O3S. The van der Waals surface area contributed by atoms with Crippen LogP contribution in [0.25, 0.3) is 10.2 Å². The van der Waals surface area contributed by atoms with Gasteiger partial charge in [-0.15, -0.1) is 11.3 Å². The van der Waals surface area contributed by atoms with Crippen LogP contribution >= 0.6 is 11.3 Å². The van der Waals surface area contributed by atoms with Gasteiger partial charge in [0, 0.05) is 25.0 Å². The van der Waals surface area contributed by atoms with Gasteiger partial charge >= 0.3 is 5.97 Å². The van der Waals surface area contributed by atoms with Crippen molar-refractivity contribution < 1.29 is 14.3 Å². The minimum atomic E-state index is -0.210. The number of likely N-dealkylation sites (tertiary alicyclic amines) is 1. The van der Waals surface area contributed by atoms with Crippen LogP contribution in [-0.2, 0) is 16.1 Å². The number of thiophene rings is 1. The highest BCUT2D eigenvalue weighted by Crippen LogP contribution is 2.27. The molecule has 5 nitrogen and oxygen atoms in total. The number of ether oxygens (including phenoxy) is 1. The summed E-state index contributed by atoms with van der Waals surface area (Å²) in [5.74, 6) is -0.398. The van der Waals surface area contributed by atoms with Crippen LogP contribution in [0.3, 0.4) is 0 Å². The van der Waals surface area contributed by atoms with Crippen LogP contribution in [0.1, 0.15) is 37.2 Å². The molecule has 0 bridgehead atoms. The maximum absolute atomic E-state index is 13.1. The number of rotatable bonds is 5. The SMILES string of the molecule is C/C=C\Cn1c(C(=O)N2CCC[C@H](C(=O)OCC)C2)cc2ccsc21. The van der Waals surface area contributed by atoms with E-state index in [0.717, 1.165) is 23.1 Å². The van der Waals surface area contributed by atoms with E-state index < -0.39 is 0 Å². The highest BCUT2D eigenvalue weighted by molar-refractivity contribution is 7.16. The van der Waals surface area contributed by atoms with E-state index >= 15 is 0 Å². The van der Waals surface area contributed by atoms with Gasteiger partial charge in [-0.1, -0.05) is 12.2 Å². The number of piperidine rings is 1. The lowest BCUT2D eigenvalue weighted by atomic mass is 9.98. The third-order valence-electron chi connectivity index (χ3n) is 4.57. The average molecular weight is 360 g/mol. The molecule has 0 N–H and O–H groups in total. The zero-order valence-corrected chi connectivity index (χ0v) is 15.6. The Balaban J connectivity index is 1.83. The lowest BCUT2D eigenvalue weighted by Gasteiger charge is -2.31. The summed E-state index contributed by atoms with van der Waals surface area (Å²) < 4.78 is 7.20. The largest absolute Gasteiger partial charge is 0.466 e. The number of esters is 1. The molecule has 0 spiro atoms. The average Bonchev–Trinajstić information content (AvgIpc) is 3.21. The van der Waals surface area contributed by atoms with Gasteiger partial charge in [0.15, 0.2) is 0 Å². The molecule has 0 radical (unpaired) electrons. The summed E-state index contributed by atoms with van der Waals surface area (Å²) in [6.45, 7) is 5.98. The third kappa shape index (κ3) is 3.63. The minimum Gasteiger partial charge on any atom is -0.466 e. The topological polar surface area (TPSA) is 51.5 Å². The molecule has 1 aliphatic heterocycles. The summed E-state index contributed by atoms with van der Waals surface area (Å²) in [7, 11) is 0. The van der Waals surface area contributed by atoms with E-state index in [1.54, 1.807) is 16.2 Å². The molecule has 0 aromatic carbocycles. The Bertz CT molecular complexity index is 790. The fourth-order valence-corrected chi connectivity index (χ4v) is 4.23. The highest BCUT2D eigenvalue weighted by Gasteiger charge is 2.31. The van der Waals surface area contributed by atoms with Crippen molar-refractivity contribution in [2.75, 3.05) is 19.7 Å². The van der Waals surface area contributed by atoms with E-state index in [2.05, 4.69) is 4.57 Å². The Morgan fingerprint density at radius 3 is 3.04 bits per heavy atom. The Morgan fingerprint density at radius 2 is 2.28 bits per heavy atom. The number of amides is 1. The molecule has 0 unspecified atom stereocenters. The molecule has 3 rings (SSSR count). The van der Waals surface area contributed by atoms with Gasteiger partial charge in [0.2, 0.25) is 0 Å². The number of fused-ring (bicyclic) bond motifs is 1. The summed E-state index contributed by atoms with van der Waals surface area (Å²) >= 11 is 1.65. The van der Waals surface area contributed by atoms with E-state index in [-0.39, 0.29) is 17.8 Å². The zero-order valence-electron chi connectivity index (χ0n) is 14.7. The normalized spacial score (nSPS) is 18.2. The first-order chi connectivity index (χ1) is 12.2. The molecule has 2 aromatic heterocycles. The Kier molecular flexibility index (Phi) is 5.58. The van der Waals surface area contributed by atoms with E-state index in [4.69, 9.17) is 4.74 Å². The molecule has 6 heteroatoms. The predicted octanol–water partition coefficient (Wildman–Crippen LogP) is 3.69. The molecule has 1 saturated heterocycles. The number of hydrogen-bond acceptors (Lipinski definition) is 4. The Labute approximate surface area is 151 Å². The van der Waals surface area contributed by atoms with Crippen molar-refractivity contribution >= 4 is 33.4 Å². The van der Waals surface area contributed by atoms with Gasteiger partial charge in [0.05, 0.1) is 12.5 Å². The maximum atomic E-state index is 13.1. The summed E-state index contributed by atoms with van der Waals surface area (Å²) in [6, 6.07) is 4.01.